The first kappa shape index (κ1) is 16.5. The smallest absolute Gasteiger partial charge is 0.289 e. The molecule has 0 aliphatic carbocycles. The number of nitrogens with zero attached hydrogens (tertiary/aromatic N) is 2. The molecule has 0 spiro atoms. The van der Waals surface area contributed by atoms with Crippen LogP contribution < -0.4 is 14.9 Å². The van der Waals surface area contributed by atoms with Gasteiger partial charge in [0, 0.05) is 6.20 Å². The predicted molar refractivity (Wildman–Crippen MR) is 88.1 cm³/mol. The van der Waals surface area contributed by atoms with Crippen molar-refractivity contribution >= 4 is 12.1 Å². The fourth-order valence-corrected chi connectivity index (χ4v) is 1.82. The van der Waals surface area contributed by atoms with Crippen molar-refractivity contribution in [2.24, 2.45) is 5.10 Å². The topological polar surface area (TPSA) is 72.8 Å². The molecule has 0 atom stereocenters. The summed E-state index contributed by atoms with van der Waals surface area (Å²) < 4.78 is 10.9. The van der Waals surface area contributed by atoms with E-state index >= 15 is 0 Å². The zero-order valence-electron chi connectivity index (χ0n) is 13.2. The lowest BCUT2D eigenvalue weighted by molar-refractivity contribution is 0.0950. The van der Waals surface area contributed by atoms with Crippen LogP contribution in [0.4, 0.5) is 0 Å². The van der Waals surface area contributed by atoms with E-state index in [0.29, 0.717) is 23.8 Å². The van der Waals surface area contributed by atoms with Crippen molar-refractivity contribution < 1.29 is 14.3 Å². The molecule has 120 valence electrons. The van der Waals surface area contributed by atoms with Crippen LogP contribution in [-0.4, -0.2) is 30.8 Å². The SMILES string of the molecule is CCCOc1cc(/C=N\NC(=O)c2ccccn2)ccc1OC. The number of nitrogens with one attached hydrogen (secondary N) is 1. The summed E-state index contributed by atoms with van der Waals surface area (Å²) in [6.45, 7) is 2.64. The third-order valence-corrected chi connectivity index (χ3v) is 2.93. The molecule has 0 saturated carbocycles. The number of rotatable bonds is 7. The van der Waals surface area contributed by atoms with Gasteiger partial charge in [-0.1, -0.05) is 13.0 Å². The number of amides is 1. The number of ether oxygens (including phenoxy) is 2. The van der Waals surface area contributed by atoms with Gasteiger partial charge >= 0.3 is 0 Å². The number of hydrogen-bond acceptors (Lipinski definition) is 5. The van der Waals surface area contributed by atoms with Crippen molar-refractivity contribution in [1.82, 2.24) is 10.4 Å². The molecule has 1 N–H and O–H groups in total. The highest BCUT2D eigenvalue weighted by Gasteiger charge is 2.06. The van der Waals surface area contributed by atoms with Crippen LogP contribution in [0.25, 0.3) is 0 Å². The molecular weight excluding hydrogens is 294 g/mol. The van der Waals surface area contributed by atoms with Crippen LogP contribution in [0, 0.1) is 0 Å². The Morgan fingerprint density at radius 2 is 2.17 bits per heavy atom. The summed E-state index contributed by atoms with van der Waals surface area (Å²) in [6.07, 6.45) is 4.00. The van der Waals surface area contributed by atoms with Gasteiger partial charge in [0.1, 0.15) is 5.69 Å². The first-order valence-corrected chi connectivity index (χ1v) is 7.30. The monoisotopic (exact) mass is 313 g/mol. The maximum atomic E-state index is 11.8. The van der Waals surface area contributed by atoms with Crippen molar-refractivity contribution in [3.8, 4) is 11.5 Å². The standard InChI is InChI=1S/C17H19N3O3/c1-3-10-23-16-11-13(7-8-15(16)22-2)12-19-20-17(21)14-6-4-5-9-18-14/h4-9,11-12H,3,10H2,1-2H3,(H,20,21)/b19-12-. The normalized spacial score (nSPS) is 10.5. The molecule has 0 saturated heterocycles. The molecule has 2 rings (SSSR count). The Morgan fingerprint density at radius 3 is 2.87 bits per heavy atom. The molecule has 0 aliphatic heterocycles. The molecule has 1 aromatic heterocycles. The molecule has 0 bridgehead atoms. The van der Waals surface area contributed by atoms with Crippen LogP contribution in [0.5, 0.6) is 11.5 Å². The van der Waals surface area contributed by atoms with Crippen molar-refractivity contribution in [2.45, 2.75) is 13.3 Å². The Morgan fingerprint density at radius 1 is 1.30 bits per heavy atom. The highest BCUT2D eigenvalue weighted by molar-refractivity contribution is 5.93. The summed E-state index contributed by atoms with van der Waals surface area (Å²) >= 11 is 0. The number of aromatic nitrogens is 1. The molecule has 1 heterocycles. The maximum Gasteiger partial charge on any atom is 0.289 e. The van der Waals surface area contributed by atoms with Crippen LogP contribution >= 0.6 is 0 Å². The molecular formula is C17H19N3O3. The van der Waals surface area contributed by atoms with Gasteiger partial charge in [0.05, 0.1) is 19.9 Å². The van der Waals surface area contributed by atoms with Gasteiger partial charge in [-0.15, -0.1) is 0 Å². The van der Waals surface area contributed by atoms with Crippen LogP contribution in [0.2, 0.25) is 0 Å². The lowest BCUT2D eigenvalue weighted by Crippen LogP contribution is -2.18. The van der Waals surface area contributed by atoms with E-state index in [9.17, 15) is 4.79 Å². The highest BCUT2D eigenvalue weighted by Crippen LogP contribution is 2.27. The first-order chi connectivity index (χ1) is 11.2. The van der Waals surface area contributed by atoms with Crippen LogP contribution in [-0.2, 0) is 0 Å². The summed E-state index contributed by atoms with van der Waals surface area (Å²) in [5, 5.41) is 3.93. The van der Waals surface area contributed by atoms with Gasteiger partial charge in [-0.3, -0.25) is 9.78 Å². The van der Waals surface area contributed by atoms with Crippen LogP contribution in [0.1, 0.15) is 29.4 Å². The lowest BCUT2D eigenvalue weighted by atomic mass is 10.2. The van der Waals surface area contributed by atoms with Crippen LogP contribution in [0.3, 0.4) is 0 Å². The zero-order valence-corrected chi connectivity index (χ0v) is 13.2. The quantitative estimate of drug-likeness (QED) is 0.630. The molecule has 1 amide bonds. The summed E-state index contributed by atoms with van der Waals surface area (Å²) in [5.74, 6) is 0.945. The van der Waals surface area contributed by atoms with Crippen molar-refractivity contribution in [1.29, 1.82) is 0 Å². The van der Waals surface area contributed by atoms with Crippen LogP contribution in [0.15, 0.2) is 47.7 Å². The molecule has 0 radical (unpaired) electrons. The fourth-order valence-electron chi connectivity index (χ4n) is 1.82. The second-order valence-corrected chi connectivity index (χ2v) is 4.67. The number of carbonyl (C=O) groups is 1. The van der Waals surface area contributed by atoms with Gasteiger partial charge in [-0.2, -0.15) is 5.10 Å². The van der Waals surface area contributed by atoms with Gasteiger partial charge in [0.2, 0.25) is 0 Å². The third kappa shape index (κ3) is 4.81. The second kappa shape index (κ2) is 8.53. The minimum Gasteiger partial charge on any atom is -0.493 e. The van der Waals surface area contributed by atoms with Gasteiger partial charge < -0.3 is 9.47 Å². The Kier molecular flexibility index (Phi) is 6.11. The molecule has 1 aromatic carbocycles. The van der Waals surface area contributed by atoms with Gasteiger partial charge in [0.25, 0.3) is 5.91 Å². The van der Waals surface area contributed by atoms with E-state index in [1.54, 1.807) is 43.8 Å². The molecule has 0 aliphatic rings. The molecule has 23 heavy (non-hydrogen) atoms. The summed E-state index contributed by atoms with van der Waals surface area (Å²) in [5.41, 5.74) is 3.54. The average molecular weight is 313 g/mol. The number of pyridine rings is 1. The first-order valence-electron chi connectivity index (χ1n) is 7.30. The fraction of sp³-hybridized carbons (Fsp3) is 0.235. The molecule has 6 nitrogen and oxygen atoms in total. The van der Waals surface area contributed by atoms with E-state index in [-0.39, 0.29) is 5.91 Å². The third-order valence-electron chi connectivity index (χ3n) is 2.93. The largest absolute Gasteiger partial charge is 0.493 e. The summed E-state index contributed by atoms with van der Waals surface area (Å²) in [7, 11) is 1.59. The van der Waals surface area contributed by atoms with Crippen molar-refractivity contribution in [2.75, 3.05) is 13.7 Å². The lowest BCUT2D eigenvalue weighted by Gasteiger charge is -2.10. The number of methoxy groups -OCH3 is 1. The average Bonchev–Trinajstić information content (AvgIpc) is 2.60. The Hall–Kier alpha value is -2.89. The molecule has 6 heteroatoms. The molecule has 0 fully saturated rings. The van der Waals surface area contributed by atoms with E-state index < -0.39 is 0 Å². The minimum atomic E-state index is -0.363. The van der Waals surface area contributed by atoms with E-state index in [0.717, 1.165) is 12.0 Å². The van der Waals surface area contributed by atoms with Gasteiger partial charge in [0.15, 0.2) is 11.5 Å². The second-order valence-electron chi connectivity index (χ2n) is 4.67. The number of hydrazone groups is 1. The number of benzene rings is 1. The Bertz CT molecular complexity index is 672. The van der Waals surface area contributed by atoms with Gasteiger partial charge in [-0.25, -0.2) is 5.43 Å². The number of carbonyl (C=O) groups excluding carboxylic acids is 1. The maximum absolute atomic E-state index is 11.8. The Labute approximate surface area is 135 Å². The Balaban J connectivity index is 2.03. The number of hydrogen-bond donors (Lipinski definition) is 1. The molecule has 2 aromatic rings. The van der Waals surface area contributed by atoms with Crippen molar-refractivity contribution in [3.05, 3.63) is 53.9 Å². The van der Waals surface area contributed by atoms with E-state index in [2.05, 4.69) is 15.5 Å². The molecule has 0 unspecified atom stereocenters. The highest BCUT2D eigenvalue weighted by atomic mass is 16.5. The summed E-state index contributed by atoms with van der Waals surface area (Å²) in [6, 6.07) is 10.5. The van der Waals surface area contributed by atoms with E-state index in [1.807, 2.05) is 19.1 Å². The zero-order chi connectivity index (χ0) is 16.5. The predicted octanol–water partition coefficient (Wildman–Crippen LogP) is 2.64. The summed E-state index contributed by atoms with van der Waals surface area (Å²) in [4.78, 5) is 15.8. The van der Waals surface area contributed by atoms with Gasteiger partial charge in [-0.05, 0) is 42.3 Å². The van der Waals surface area contributed by atoms with E-state index in [4.69, 9.17) is 9.47 Å². The minimum absolute atomic E-state index is 0.311. The van der Waals surface area contributed by atoms with Crippen molar-refractivity contribution in [3.63, 3.8) is 0 Å². The van der Waals surface area contributed by atoms with E-state index in [1.165, 1.54) is 0 Å².